The van der Waals surface area contributed by atoms with Crippen molar-refractivity contribution in [2.24, 2.45) is 7.05 Å². The highest BCUT2D eigenvalue weighted by Gasteiger charge is 2.05. The molecule has 0 aliphatic rings. The van der Waals surface area contributed by atoms with Crippen LogP contribution in [0.5, 0.6) is 0 Å². The van der Waals surface area contributed by atoms with Crippen LogP contribution in [0.15, 0.2) is 12.4 Å². The Morgan fingerprint density at radius 2 is 2.43 bits per heavy atom. The van der Waals surface area contributed by atoms with Crippen molar-refractivity contribution in [3.63, 3.8) is 0 Å². The van der Waals surface area contributed by atoms with E-state index < -0.39 is 0 Å². The molecule has 0 spiro atoms. The first-order chi connectivity index (χ1) is 6.74. The number of hydrogen-bond donors (Lipinski definition) is 2. The summed E-state index contributed by atoms with van der Waals surface area (Å²) in [7, 11) is 1.77. The molecular weight excluding hydrogens is 182 g/mol. The molecule has 0 atom stereocenters. The largest absolute Gasteiger partial charge is 0.396 e. The first-order valence-corrected chi connectivity index (χ1v) is 4.61. The molecule has 5 nitrogen and oxygen atoms in total. The average molecular weight is 197 g/mol. The van der Waals surface area contributed by atoms with Gasteiger partial charge in [-0.1, -0.05) is 0 Å². The molecule has 5 heteroatoms. The van der Waals surface area contributed by atoms with E-state index in [1.165, 1.54) is 6.20 Å². The average Bonchev–Trinajstić information content (AvgIpc) is 2.59. The van der Waals surface area contributed by atoms with Crippen molar-refractivity contribution in [3.05, 3.63) is 18.0 Å². The van der Waals surface area contributed by atoms with Gasteiger partial charge in [0.1, 0.15) is 0 Å². The Bertz CT molecular complexity index is 296. The first kappa shape index (κ1) is 10.7. The van der Waals surface area contributed by atoms with Crippen molar-refractivity contribution in [1.82, 2.24) is 15.1 Å². The summed E-state index contributed by atoms with van der Waals surface area (Å²) in [5, 5.41) is 15.2. The van der Waals surface area contributed by atoms with Gasteiger partial charge in [0.05, 0.1) is 11.8 Å². The van der Waals surface area contributed by atoms with Gasteiger partial charge in [0, 0.05) is 26.4 Å². The normalized spacial score (nSPS) is 10.1. The van der Waals surface area contributed by atoms with Crippen LogP contribution in [0.2, 0.25) is 0 Å². The number of unbranched alkanes of at least 4 members (excludes halogenated alkanes) is 1. The first-order valence-electron chi connectivity index (χ1n) is 4.61. The summed E-state index contributed by atoms with van der Waals surface area (Å²) in [4.78, 5) is 11.4. The Kier molecular flexibility index (Phi) is 4.12. The molecule has 1 amide bonds. The van der Waals surface area contributed by atoms with Crippen LogP contribution in [0.4, 0.5) is 0 Å². The Balaban J connectivity index is 2.29. The molecule has 0 saturated heterocycles. The highest BCUT2D eigenvalue weighted by atomic mass is 16.2. The highest BCUT2D eigenvalue weighted by Crippen LogP contribution is 1.95. The van der Waals surface area contributed by atoms with E-state index in [0.717, 1.165) is 6.42 Å². The van der Waals surface area contributed by atoms with Crippen LogP contribution < -0.4 is 5.32 Å². The van der Waals surface area contributed by atoms with Gasteiger partial charge in [0.2, 0.25) is 0 Å². The van der Waals surface area contributed by atoms with Crippen LogP contribution in [-0.4, -0.2) is 33.9 Å². The highest BCUT2D eigenvalue weighted by molar-refractivity contribution is 5.93. The standard InChI is InChI=1S/C9H15N3O2/c1-12-7-8(6-11-12)9(14)10-4-2-3-5-13/h6-7,13H,2-5H2,1H3,(H,10,14). The molecule has 0 aliphatic carbocycles. The molecule has 1 aromatic rings. The SMILES string of the molecule is Cn1cc(C(=O)NCCCCO)cn1. The van der Waals surface area contributed by atoms with Gasteiger partial charge in [0.15, 0.2) is 0 Å². The predicted octanol–water partition coefficient (Wildman–Crippen LogP) is -0.0776. The van der Waals surface area contributed by atoms with E-state index in [2.05, 4.69) is 10.4 Å². The van der Waals surface area contributed by atoms with Crippen molar-refractivity contribution in [2.45, 2.75) is 12.8 Å². The van der Waals surface area contributed by atoms with Crippen LogP contribution in [0.3, 0.4) is 0 Å². The van der Waals surface area contributed by atoms with E-state index in [0.29, 0.717) is 18.5 Å². The molecular formula is C9H15N3O2. The molecule has 0 aliphatic heterocycles. The predicted molar refractivity (Wildman–Crippen MR) is 51.9 cm³/mol. The van der Waals surface area contributed by atoms with Crippen molar-refractivity contribution < 1.29 is 9.90 Å². The number of rotatable bonds is 5. The van der Waals surface area contributed by atoms with Crippen molar-refractivity contribution in [3.8, 4) is 0 Å². The second kappa shape index (κ2) is 5.39. The van der Waals surface area contributed by atoms with Crippen molar-refractivity contribution >= 4 is 5.91 Å². The zero-order valence-corrected chi connectivity index (χ0v) is 8.23. The van der Waals surface area contributed by atoms with Gasteiger partial charge < -0.3 is 10.4 Å². The van der Waals surface area contributed by atoms with Gasteiger partial charge in [-0.15, -0.1) is 0 Å². The third-order valence-electron chi connectivity index (χ3n) is 1.84. The number of carbonyl (C=O) groups is 1. The number of nitrogens with zero attached hydrogens (tertiary/aromatic N) is 2. The number of aryl methyl sites for hydroxylation is 1. The minimum absolute atomic E-state index is 0.115. The smallest absolute Gasteiger partial charge is 0.254 e. The second-order valence-electron chi connectivity index (χ2n) is 3.09. The molecule has 14 heavy (non-hydrogen) atoms. The quantitative estimate of drug-likeness (QED) is 0.649. The van der Waals surface area contributed by atoms with Crippen LogP contribution in [0.25, 0.3) is 0 Å². The monoisotopic (exact) mass is 197 g/mol. The van der Waals surface area contributed by atoms with Gasteiger partial charge in [-0.05, 0) is 12.8 Å². The molecule has 1 heterocycles. The third-order valence-corrected chi connectivity index (χ3v) is 1.84. The summed E-state index contributed by atoms with van der Waals surface area (Å²) in [6.45, 7) is 0.761. The van der Waals surface area contributed by atoms with Gasteiger partial charge >= 0.3 is 0 Å². The molecule has 1 rings (SSSR count). The van der Waals surface area contributed by atoms with Crippen LogP contribution in [0.1, 0.15) is 23.2 Å². The van der Waals surface area contributed by atoms with Gasteiger partial charge in [-0.25, -0.2) is 0 Å². The number of nitrogens with one attached hydrogen (secondary N) is 1. The maximum absolute atomic E-state index is 11.4. The van der Waals surface area contributed by atoms with Crippen LogP contribution in [0, 0.1) is 0 Å². The number of hydrogen-bond acceptors (Lipinski definition) is 3. The number of aromatic nitrogens is 2. The lowest BCUT2D eigenvalue weighted by Crippen LogP contribution is -2.24. The second-order valence-corrected chi connectivity index (χ2v) is 3.09. The maximum atomic E-state index is 11.4. The summed E-state index contributed by atoms with van der Waals surface area (Å²) >= 11 is 0. The number of aliphatic hydroxyl groups is 1. The summed E-state index contributed by atoms with van der Waals surface area (Å²) in [5.41, 5.74) is 0.566. The number of amides is 1. The lowest BCUT2D eigenvalue weighted by molar-refractivity contribution is 0.0952. The van der Waals surface area contributed by atoms with Gasteiger partial charge in [-0.2, -0.15) is 5.10 Å². The molecule has 0 bridgehead atoms. The maximum Gasteiger partial charge on any atom is 0.254 e. The van der Waals surface area contributed by atoms with Crippen molar-refractivity contribution in [1.29, 1.82) is 0 Å². The Morgan fingerprint density at radius 3 is 3.00 bits per heavy atom. The number of aliphatic hydroxyl groups excluding tert-OH is 1. The van der Waals surface area contributed by atoms with Gasteiger partial charge in [0.25, 0.3) is 5.91 Å². The van der Waals surface area contributed by atoms with Gasteiger partial charge in [-0.3, -0.25) is 9.48 Å². The minimum Gasteiger partial charge on any atom is -0.396 e. The molecule has 0 fully saturated rings. The molecule has 78 valence electrons. The molecule has 0 radical (unpaired) electrons. The van der Waals surface area contributed by atoms with Crippen molar-refractivity contribution in [2.75, 3.05) is 13.2 Å². The Labute approximate surface area is 82.7 Å². The lowest BCUT2D eigenvalue weighted by atomic mass is 10.3. The minimum atomic E-state index is -0.115. The summed E-state index contributed by atoms with van der Waals surface area (Å²) in [6, 6.07) is 0. The van der Waals surface area contributed by atoms with E-state index in [9.17, 15) is 4.79 Å². The third kappa shape index (κ3) is 3.18. The molecule has 0 saturated carbocycles. The molecule has 0 aromatic carbocycles. The van der Waals surface area contributed by atoms with Crippen LogP contribution >= 0.6 is 0 Å². The van der Waals surface area contributed by atoms with Crippen LogP contribution in [-0.2, 0) is 7.05 Å². The Hall–Kier alpha value is -1.36. The van der Waals surface area contributed by atoms with E-state index in [1.807, 2.05) is 0 Å². The molecule has 0 unspecified atom stereocenters. The summed E-state index contributed by atoms with van der Waals surface area (Å²) in [6.07, 6.45) is 4.71. The Morgan fingerprint density at radius 1 is 1.64 bits per heavy atom. The van der Waals surface area contributed by atoms with E-state index in [1.54, 1.807) is 17.9 Å². The summed E-state index contributed by atoms with van der Waals surface area (Å²) in [5.74, 6) is -0.115. The topological polar surface area (TPSA) is 67.2 Å². The van der Waals surface area contributed by atoms with E-state index in [4.69, 9.17) is 5.11 Å². The fourth-order valence-corrected chi connectivity index (χ4v) is 1.08. The van der Waals surface area contributed by atoms with E-state index in [-0.39, 0.29) is 12.5 Å². The number of carbonyl (C=O) groups excluding carboxylic acids is 1. The molecule has 2 N–H and O–H groups in total. The fraction of sp³-hybridized carbons (Fsp3) is 0.556. The molecule has 1 aromatic heterocycles. The zero-order valence-electron chi connectivity index (χ0n) is 8.23. The zero-order chi connectivity index (χ0) is 10.4. The fourth-order valence-electron chi connectivity index (χ4n) is 1.08. The van der Waals surface area contributed by atoms with E-state index >= 15 is 0 Å². The summed E-state index contributed by atoms with van der Waals surface area (Å²) < 4.78 is 1.59. The lowest BCUT2D eigenvalue weighted by Gasteiger charge is -2.01.